The number of methoxy groups -OCH3 is 4. The topological polar surface area (TPSA) is 46.2 Å². The molecule has 1 heterocycles. The highest BCUT2D eigenvalue weighted by Gasteiger charge is 2.40. The molecule has 1 aliphatic heterocycles. The summed E-state index contributed by atoms with van der Waals surface area (Å²) in [6, 6.07) is 17.9. The first kappa shape index (κ1) is 19.0. The monoisotopic (exact) mass is 392 g/mol. The minimum atomic E-state index is -0.719. The van der Waals surface area contributed by atoms with Gasteiger partial charge >= 0.3 is 0 Å². The van der Waals surface area contributed by atoms with E-state index < -0.39 is 5.60 Å². The van der Waals surface area contributed by atoms with Crippen LogP contribution in [0.25, 0.3) is 11.1 Å². The molecule has 0 spiro atoms. The fourth-order valence-electron chi connectivity index (χ4n) is 3.90. The van der Waals surface area contributed by atoms with E-state index in [2.05, 4.69) is 19.1 Å². The van der Waals surface area contributed by atoms with Gasteiger partial charge in [-0.3, -0.25) is 0 Å². The molecule has 0 N–H and O–H groups in total. The molecule has 4 rings (SSSR count). The predicted octanol–water partition coefficient (Wildman–Crippen LogP) is 5.04. The zero-order valence-electron chi connectivity index (χ0n) is 17.2. The Labute approximate surface area is 170 Å². The van der Waals surface area contributed by atoms with Crippen molar-refractivity contribution in [2.24, 2.45) is 0 Å². The molecule has 3 aromatic carbocycles. The molecule has 1 atom stereocenters. The van der Waals surface area contributed by atoms with Crippen LogP contribution in [0.5, 0.6) is 28.7 Å². The lowest BCUT2D eigenvalue weighted by molar-refractivity contribution is 0.128. The highest BCUT2D eigenvalue weighted by Crippen LogP contribution is 2.53. The van der Waals surface area contributed by atoms with Crippen LogP contribution < -0.4 is 23.7 Å². The summed E-state index contributed by atoms with van der Waals surface area (Å²) < 4.78 is 28.8. The molecular formula is C24H24O5. The van der Waals surface area contributed by atoms with E-state index in [1.165, 1.54) is 0 Å². The van der Waals surface area contributed by atoms with Crippen molar-refractivity contribution in [1.29, 1.82) is 0 Å². The summed E-state index contributed by atoms with van der Waals surface area (Å²) in [4.78, 5) is 0. The van der Waals surface area contributed by atoms with Crippen molar-refractivity contribution in [2.45, 2.75) is 12.5 Å². The molecule has 5 heteroatoms. The SMILES string of the molecule is COc1cc2c(cc1OC)-c1cc(OC)c(OC)cc1C(C)(c1ccccc1)O2. The Morgan fingerprint density at radius 2 is 1.17 bits per heavy atom. The van der Waals surface area contributed by atoms with Gasteiger partial charge in [-0.25, -0.2) is 0 Å². The maximum absolute atomic E-state index is 6.62. The van der Waals surface area contributed by atoms with Crippen LogP contribution >= 0.6 is 0 Å². The first-order chi connectivity index (χ1) is 14.0. The molecule has 0 fully saturated rings. The number of hydrogen-bond acceptors (Lipinski definition) is 5. The van der Waals surface area contributed by atoms with Crippen LogP contribution in [0, 0.1) is 0 Å². The molecule has 0 radical (unpaired) electrons. The number of ether oxygens (including phenoxy) is 5. The van der Waals surface area contributed by atoms with Gasteiger partial charge < -0.3 is 23.7 Å². The van der Waals surface area contributed by atoms with Gasteiger partial charge in [0.05, 0.1) is 28.4 Å². The standard InChI is InChI=1S/C24H24O5/c1-24(15-9-7-6-8-10-15)18-13-22(27-4)20(25-2)11-16(18)17-12-21(26-3)23(28-5)14-19(17)29-24/h6-14H,1-5H3. The maximum Gasteiger partial charge on any atom is 0.164 e. The van der Waals surface area contributed by atoms with Crippen molar-refractivity contribution in [3.05, 3.63) is 65.7 Å². The average molecular weight is 392 g/mol. The summed E-state index contributed by atoms with van der Waals surface area (Å²) in [7, 11) is 6.51. The largest absolute Gasteiger partial charge is 0.493 e. The lowest BCUT2D eigenvalue weighted by atomic mass is 9.80. The van der Waals surface area contributed by atoms with Gasteiger partial charge in [0.25, 0.3) is 0 Å². The number of hydrogen-bond donors (Lipinski definition) is 0. The first-order valence-electron chi connectivity index (χ1n) is 9.33. The Hall–Kier alpha value is -3.34. The van der Waals surface area contributed by atoms with Crippen molar-refractivity contribution < 1.29 is 23.7 Å². The van der Waals surface area contributed by atoms with Crippen molar-refractivity contribution >= 4 is 0 Å². The second kappa shape index (κ2) is 7.24. The van der Waals surface area contributed by atoms with Gasteiger partial charge in [-0.2, -0.15) is 0 Å². The lowest BCUT2D eigenvalue weighted by Gasteiger charge is -2.39. The first-order valence-corrected chi connectivity index (χ1v) is 9.33. The summed E-state index contributed by atoms with van der Waals surface area (Å²) in [6.07, 6.45) is 0. The minimum absolute atomic E-state index is 0.616. The number of rotatable bonds is 5. The molecule has 0 saturated carbocycles. The highest BCUT2D eigenvalue weighted by atomic mass is 16.5. The molecule has 0 bridgehead atoms. The van der Waals surface area contributed by atoms with Gasteiger partial charge in [0.15, 0.2) is 28.6 Å². The van der Waals surface area contributed by atoms with E-state index >= 15 is 0 Å². The Morgan fingerprint density at radius 1 is 0.655 bits per heavy atom. The molecule has 1 aliphatic rings. The summed E-state index contributed by atoms with van der Waals surface area (Å²) >= 11 is 0. The molecule has 150 valence electrons. The fraction of sp³-hybridized carbons (Fsp3) is 0.250. The van der Waals surface area contributed by atoms with Crippen LogP contribution in [0.1, 0.15) is 18.1 Å². The average Bonchev–Trinajstić information content (AvgIpc) is 2.78. The number of fused-ring (bicyclic) bond motifs is 3. The Balaban J connectivity index is 2.05. The van der Waals surface area contributed by atoms with E-state index in [4.69, 9.17) is 23.7 Å². The second-order valence-electron chi connectivity index (χ2n) is 6.96. The maximum atomic E-state index is 6.62. The third-order valence-electron chi connectivity index (χ3n) is 5.45. The molecule has 3 aromatic rings. The zero-order valence-corrected chi connectivity index (χ0v) is 17.2. The molecule has 0 aliphatic carbocycles. The van der Waals surface area contributed by atoms with Crippen LogP contribution in [0.15, 0.2) is 54.6 Å². The van der Waals surface area contributed by atoms with E-state index in [1.807, 2.05) is 42.5 Å². The number of benzene rings is 3. The second-order valence-corrected chi connectivity index (χ2v) is 6.96. The smallest absolute Gasteiger partial charge is 0.164 e. The summed E-state index contributed by atoms with van der Waals surface area (Å²) in [6.45, 7) is 2.06. The molecule has 1 unspecified atom stereocenters. The zero-order chi connectivity index (χ0) is 20.6. The van der Waals surface area contributed by atoms with Crippen LogP contribution in [0.2, 0.25) is 0 Å². The summed E-state index contributed by atoms with van der Waals surface area (Å²) in [5.41, 5.74) is 3.21. The van der Waals surface area contributed by atoms with E-state index in [0.29, 0.717) is 28.7 Å². The van der Waals surface area contributed by atoms with Crippen molar-refractivity contribution in [1.82, 2.24) is 0 Å². The van der Waals surface area contributed by atoms with Crippen molar-refractivity contribution in [2.75, 3.05) is 28.4 Å². The van der Waals surface area contributed by atoms with Crippen LogP contribution in [0.4, 0.5) is 0 Å². The third kappa shape index (κ3) is 2.94. The molecule has 0 amide bonds. The van der Waals surface area contributed by atoms with Crippen LogP contribution in [-0.2, 0) is 5.60 Å². The third-order valence-corrected chi connectivity index (χ3v) is 5.45. The van der Waals surface area contributed by atoms with Crippen LogP contribution in [0.3, 0.4) is 0 Å². The van der Waals surface area contributed by atoms with Gasteiger partial charge in [-0.05, 0) is 36.2 Å². The van der Waals surface area contributed by atoms with Gasteiger partial charge in [0.1, 0.15) is 5.75 Å². The molecule has 29 heavy (non-hydrogen) atoms. The molecular weight excluding hydrogens is 368 g/mol. The summed E-state index contributed by atoms with van der Waals surface area (Å²) in [5.74, 6) is 3.28. The van der Waals surface area contributed by atoms with E-state index in [-0.39, 0.29) is 0 Å². The fourth-order valence-corrected chi connectivity index (χ4v) is 3.90. The quantitative estimate of drug-likeness (QED) is 0.608. The Kier molecular flexibility index (Phi) is 4.74. The molecule has 5 nitrogen and oxygen atoms in total. The van der Waals surface area contributed by atoms with Crippen molar-refractivity contribution in [3.8, 4) is 39.9 Å². The van der Waals surface area contributed by atoms with Crippen LogP contribution in [-0.4, -0.2) is 28.4 Å². The van der Waals surface area contributed by atoms with Gasteiger partial charge in [0.2, 0.25) is 0 Å². The van der Waals surface area contributed by atoms with Crippen molar-refractivity contribution in [3.63, 3.8) is 0 Å². The van der Waals surface area contributed by atoms with E-state index in [0.717, 1.165) is 22.3 Å². The Bertz CT molecular complexity index is 1040. The van der Waals surface area contributed by atoms with Gasteiger partial charge in [0, 0.05) is 17.2 Å². The Morgan fingerprint density at radius 3 is 1.76 bits per heavy atom. The molecule has 0 saturated heterocycles. The summed E-state index contributed by atoms with van der Waals surface area (Å²) in [5, 5.41) is 0. The van der Waals surface area contributed by atoms with Gasteiger partial charge in [-0.15, -0.1) is 0 Å². The van der Waals surface area contributed by atoms with E-state index in [9.17, 15) is 0 Å². The highest BCUT2D eigenvalue weighted by molar-refractivity contribution is 5.82. The predicted molar refractivity (Wildman–Crippen MR) is 112 cm³/mol. The minimum Gasteiger partial charge on any atom is -0.493 e. The normalized spacial score (nSPS) is 16.9. The molecule has 0 aromatic heterocycles. The van der Waals surface area contributed by atoms with E-state index in [1.54, 1.807) is 28.4 Å². The van der Waals surface area contributed by atoms with Gasteiger partial charge in [-0.1, -0.05) is 30.3 Å². The lowest BCUT2D eigenvalue weighted by Crippen LogP contribution is -2.34.